The summed E-state index contributed by atoms with van der Waals surface area (Å²) in [6, 6.07) is 0.919. The van der Waals surface area contributed by atoms with Gasteiger partial charge in [-0.1, -0.05) is 0 Å². The molecule has 9 heteroatoms. The molecule has 0 spiro atoms. The van der Waals surface area contributed by atoms with E-state index in [4.69, 9.17) is 0 Å². The van der Waals surface area contributed by atoms with Gasteiger partial charge in [-0.05, 0) is 26.8 Å². The molecule has 0 bridgehead atoms. The molecule has 126 valence electrons. The maximum Gasteiger partial charge on any atom is 0.435 e. The zero-order valence-electron chi connectivity index (χ0n) is 13.1. The van der Waals surface area contributed by atoms with Crippen LogP contribution in [-0.4, -0.2) is 25.5 Å². The molecule has 1 amide bonds. The van der Waals surface area contributed by atoms with Crippen LogP contribution in [0.2, 0.25) is 0 Å². The first kappa shape index (κ1) is 17.0. The SMILES string of the molecule is CCn1cc(CNC(=O)Cn2nc(C(F)(F)F)cc2C)c(C)n1. The summed E-state index contributed by atoms with van der Waals surface area (Å²) in [5.74, 6) is -0.409. The largest absolute Gasteiger partial charge is 0.435 e. The van der Waals surface area contributed by atoms with Gasteiger partial charge < -0.3 is 5.32 Å². The molecule has 0 aliphatic heterocycles. The fourth-order valence-corrected chi connectivity index (χ4v) is 2.09. The Balaban J connectivity index is 1.97. The molecule has 0 atom stereocenters. The Kier molecular flexibility index (Phi) is 4.76. The maximum atomic E-state index is 12.6. The molecular formula is C14H18F3N5O. The number of hydrogen-bond donors (Lipinski definition) is 1. The summed E-state index contributed by atoms with van der Waals surface area (Å²) >= 11 is 0. The zero-order valence-corrected chi connectivity index (χ0v) is 13.1. The number of halogens is 3. The summed E-state index contributed by atoms with van der Waals surface area (Å²) in [7, 11) is 0. The lowest BCUT2D eigenvalue weighted by atomic mass is 10.2. The van der Waals surface area contributed by atoms with Crippen molar-refractivity contribution in [2.24, 2.45) is 0 Å². The van der Waals surface area contributed by atoms with Gasteiger partial charge in [0, 0.05) is 30.5 Å². The minimum Gasteiger partial charge on any atom is -0.350 e. The molecule has 2 aromatic heterocycles. The number of rotatable bonds is 5. The Labute approximate surface area is 131 Å². The van der Waals surface area contributed by atoms with Gasteiger partial charge in [-0.3, -0.25) is 14.2 Å². The number of hydrogen-bond acceptors (Lipinski definition) is 3. The van der Waals surface area contributed by atoms with Gasteiger partial charge in [-0.25, -0.2) is 0 Å². The summed E-state index contributed by atoms with van der Waals surface area (Å²) in [6.45, 7) is 6.00. The molecule has 0 unspecified atom stereocenters. The number of aryl methyl sites for hydroxylation is 3. The van der Waals surface area contributed by atoms with E-state index in [-0.39, 0.29) is 18.8 Å². The molecule has 0 fully saturated rings. The van der Waals surface area contributed by atoms with Crippen LogP contribution in [0.25, 0.3) is 0 Å². The lowest BCUT2D eigenvalue weighted by molar-refractivity contribution is -0.141. The number of amides is 1. The number of alkyl halides is 3. The van der Waals surface area contributed by atoms with Gasteiger partial charge in [-0.2, -0.15) is 23.4 Å². The van der Waals surface area contributed by atoms with E-state index in [1.54, 1.807) is 4.68 Å². The van der Waals surface area contributed by atoms with Crippen molar-refractivity contribution in [3.05, 3.63) is 34.9 Å². The molecule has 0 aliphatic carbocycles. The van der Waals surface area contributed by atoms with Gasteiger partial charge >= 0.3 is 6.18 Å². The van der Waals surface area contributed by atoms with E-state index < -0.39 is 17.8 Å². The predicted molar refractivity (Wildman–Crippen MR) is 76.5 cm³/mol. The van der Waals surface area contributed by atoms with Crippen LogP contribution in [0.4, 0.5) is 13.2 Å². The number of carbonyl (C=O) groups excluding carboxylic acids is 1. The van der Waals surface area contributed by atoms with Crippen LogP contribution in [0.15, 0.2) is 12.3 Å². The van der Waals surface area contributed by atoms with Crippen LogP contribution in [0.3, 0.4) is 0 Å². The number of aromatic nitrogens is 4. The molecule has 0 aromatic carbocycles. The van der Waals surface area contributed by atoms with Crippen molar-refractivity contribution >= 4 is 5.91 Å². The Hall–Kier alpha value is -2.32. The second-order valence-electron chi connectivity index (χ2n) is 5.20. The molecule has 0 radical (unpaired) electrons. The van der Waals surface area contributed by atoms with E-state index in [0.717, 1.165) is 28.6 Å². The van der Waals surface area contributed by atoms with E-state index in [0.29, 0.717) is 0 Å². The minimum absolute atomic E-state index is 0.261. The van der Waals surface area contributed by atoms with Gasteiger partial charge in [-0.15, -0.1) is 0 Å². The summed E-state index contributed by atoms with van der Waals surface area (Å²) in [6.07, 6.45) is -2.69. The summed E-state index contributed by atoms with van der Waals surface area (Å²) in [5.41, 5.74) is 0.959. The lowest BCUT2D eigenvalue weighted by Gasteiger charge is -2.06. The van der Waals surface area contributed by atoms with Crippen LogP contribution in [0.1, 0.15) is 29.6 Å². The molecule has 6 nitrogen and oxygen atoms in total. The molecule has 2 aromatic rings. The Morgan fingerprint density at radius 1 is 1.30 bits per heavy atom. The molecule has 0 saturated carbocycles. The van der Waals surface area contributed by atoms with Crippen LogP contribution in [0.5, 0.6) is 0 Å². The van der Waals surface area contributed by atoms with E-state index in [9.17, 15) is 18.0 Å². The maximum absolute atomic E-state index is 12.6. The van der Waals surface area contributed by atoms with Crippen LogP contribution < -0.4 is 5.32 Å². The van der Waals surface area contributed by atoms with Crippen molar-refractivity contribution in [2.45, 2.75) is 46.6 Å². The summed E-state index contributed by atoms with van der Waals surface area (Å²) < 4.78 is 40.5. The summed E-state index contributed by atoms with van der Waals surface area (Å²) in [4.78, 5) is 11.9. The van der Waals surface area contributed by atoms with Crippen molar-refractivity contribution < 1.29 is 18.0 Å². The Morgan fingerprint density at radius 3 is 2.52 bits per heavy atom. The highest BCUT2D eigenvalue weighted by Crippen LogP contribution is 2.28. The van der Waals surface area contributed by atoms with E-state index in [1.165, 1.54) is 6.92 Å². The van der Waals surface area contributed by atoms with Gasteiger partial charge in [0.05, 0.1) is 5.69 Å². The molecule has 0 saturated heterocycles. The third kappa shape index (κ3) is 4.11. The monoisotopic (exact) mass is 329 g/mol. The molecular weight excluding hydrogens is 311 g/mol. The molecule has 0 aliphatic rings. The topological polar surface area (TPSA) is 64.7 Å². The highest BCUT2D eigenvalue weighted by atomic mass is 19.4. The van der Waals surface area contributed by atoms with Gasteiger partial charge in [0.1, 0.15) is 6.54 Å². The van der Waals surface area contributed by atoms with Crippen molar-refractivity contribution in [3.63, 3.8) is 0 Å². The van der Waals surface area contributed by atoms with E-state index in [2.05, 4.69) is 15.5 Å². The van der Waals surface area contributed by atoms with Crippen molar-refractivity contribution in [1.29, 1.82) is 0 Å². The van der Waals surface area contributed by atoms with Crippen LogP contribution >= 0.6 is 0 Å². The third-order valence-corrected chi connectivity index (χ3v) is 3.41. The minimum atomic E-state index is -4.52. The van der Waals surface area contributed by atoms with Gasteiger partial charge in [0.25, 0.3) is 0 Å². The second-order valence-corrected chi connectivity index (χ2v) is 5.20. The number of carbonyl (C=O) groups is 1. The standard InChI is InChI=1S/C14H18F3N5O/c1-4-21-7-11(10(3)19-21)6-18-13(23)8-22-9(2)5-12(20-22)14(15,16)17/h5,7H,4,6,8H2,1-3H3,(H,18,23). The molecule has 2 heterocycles. The Bertz CT molecular complexity index is 702. The first-order valence-electron chi connectivity index (χ1n) is 7.12. The molecule has 23 heavy (non-hydrogen) atoms. The lowest BCUT2D eigenvalue weighted by Crippen LogP contribution is -2.28. The Morgan fingerprint density at radius 2 is 2.00 bits per heavy atom. The second kappa shape index (κ2) is 6.43. The van der Waals surface area contributed by atoms with Crippen molar-refractivity contribution in [3.8, 4) is 0 Å². The third-order valence-electron chi connectivity index (χ3n) is 3.41. The zero-order chi connectivity index (χ0) is 17.2. The fraction of sp³-hybridized carbons (Fsp3) is 0.500. The summed E-state index contributed by atoms with van der Waals surface area (Å²) in [5, 5.41) is 10.4. The normalized spacial score (nSPS) is 11.7. The molecule has 1 N–H and O–H groups in total. The first-order valence-corrected chi connectivity index (χ1v) is 7.12. The number of nitrogens with zero attached hydrogens (tertiary/aromatic N) is 4. The van der Waals surface area contributed by atoms with Gasteiger partial charge in [0.15, 0.2) is 5.69 Å². The first-order chi connectivity index (χ1) is 10.7. The number of nitrogens with one attached hydrogen (secondary N) is 1. The highest BCUT2D eigenvalue weighted by molar-refractivity contribution is 5.75. The predicted octanol–water partition coefficient (Wildman–Crippen LogP) is 2.05. The highest BCUT2D eigenvalue weighted by Gasteiger charge is 2.34. The fourth-order valence-electron chi connectivity index (χ4n) is 2.09. The van der Waals surface area contributed by atoms with Crippen molar-refractivity contribution in [1.82, 2.24) is 24.9 Å². The van der Waals surface area contributed by atoms with Crippen LogP contribution in [0, 0.1) is 13.8 Å². The van der Waals surface area contributed by atoms with E-state index >= 15 is 0 Å². The van der Waals surface area contributed by atoms with Gasteiger partial charge in [0.2, 0.25) is 5.91 Å². The van der Waals surface area contributed by atoms with Crippen LogP contribution in [-0.2, 0) is 30.6 Å². The van der Waals surface area contributed by atoms with Crippen molar-refractivity contribution in [2.75, 3.05) is 0 Å². The van der Waals surface area contributed by atoms with E-state index in [1.807, 2.05) is 20.0 Å². The average Bonchev–Trinajstić information content (AvgIpc) is 3.00. The average molecular weight is 329 g/mol. The quantitative estimate of drug-likeness (QED) is 0.913. The molecule has 2 rings (SSSR count). The smallest absolute Gasteiger partial charge is 0.350 e.